The zero-order valence-electron chi connectivity index (χ0n) is 16.5. The quantitative estimate of drug-likeness (QED) is 0.381. The van der Waals surface area contributed by atoms with Crippen LogP contribution in [0.4, 0.5) is 4.39 Å². The normalized spacial score (nSPS) is 26.4. The molecule has 1 atom stereocenters. The van der Waals surface area contributed by atoms with Gasteiger partial charge in [-0.25, -0.2) is 4.39 Å². The molecule has 4 rings (SSSR count). The van der Waals surface area contributed by atoms with Gasteiger partial charge in [0.15, 0.2) is 5.96 Å². The summed E-state index contributed by atoms with van der Waals surface area (Å²) in [4.78, 5) is 18.6. The number of carbonyl (C=O) groups excluding carboxylic acids is 1. The summed E-state index contributed by atoms with van der Waals surface area (Å²) in [6.07, 6.45) is 6.24. The fourth-order valence-corrected chi connectivity index (χ4v) is 4.98. The summed E-state index contributed by atoms with van der Waals surface area (Å²) in [6.45, 7) is 3.43. The standard InChI is InChI=1S/C21H29FN4O.HI/c1-23-19(26-11-3-8-20(15-26)12-18(27)24-13-20)25-14-21(9-2-10-21)16-4-6-17(22)7-5-16;/h4-7H,2-3,8-15H2,1H3,(H,23,25)(H,24,27);1H. The van der Waals surface area contributed by atoms with E-state index in [-0.39, 0.29) is 46.5 Å². The van der Waals surface area contributed by atoms with Crippen molar-refractivity contribution in [1.29, 1.82) is 0 Å². The molecule has 28 heavy (non-hydrogen) atoms. The highest BCUT2D eigenvalue weighted by molar-refractivity contribution is 14.0. The van der Waals surface area contributed by atoms with E-state index in [9.17, 15) is 9.18 Å². The van der Waals surface area contributed by atoms with Gasteiger partial charge in [-0.3, -0.25) is 9.79 Å². The highest BCUT2D eigenvalue weighted by Gasteiger charge is 2.43. The third kappa shape index (κ3) is 4.14. The number of hydrogen-bond donors (Lipinski definition) is 2. The number of aliphatic imine (C=N–C) groups is 1. The van der Waals surface area contributed by atoms with Crippen molar-refractivity contribution in [2.45, 2.75) is 43.9 Å². The Morgan fingerprint density at radius 1 is 1.25 bits per heavy atom. The smallest absolute Gasteiger partial charge is 0.220 e. The maximum absolute atomic E-state index is 13.3. The molecule has 7 heteroatoms. The van der Waals surface area contributed by atoms with E-state index in [4.69, 9.17) is 0 Å². The van der Waals surface area contributed by atoms with E-state index in [1.807, 2.05) is 19.2 Å². The van der Waals surface area contributed by atoms with Crippen molar-refractivity contribution in [3.8, 4) is 0 Å². The second-order valence-corrected chi connectivity index (χ2v) is 8.52. The summed E-state index contributed by atoms with van der Waals surface area (Å²) in [5, 5.41) is 6.59. The van der Waals surface area contributed by atoms with Gasteiger partial charge in [0.05, 0.1) is 0 Å². The van der Waals surface area contributed by atoms with Crippen molar-refractivity contribution < 1.29 is 9.18 Å². The van der Waals surface area contributed by atoms with Crippen molar-refractivity contribution in [3.05, 3.63) is 35.6 Å². The molecule has 2 saturated heterocycles. The van der Waals surface area contributed by atoms with Crippen LogP contribution in [0.2, 0.25) is 0 Å². The highest BCUT2D eigenvalue weighted by Crippen LogP contribution is 2.43. The molecule has 3 aliphatic rings. The average Bonchev–Trinajstić information content (AvgIpc) is 2.98. The molecule has 1 spiro atoms. The van der Waals surface area contributed by atoms with Gasteiger partial charge >= 0.3 is 0 Å². The first kappa shape index (κ1) is 21.3. The van der Waals surface area contributed by atoms with E-state index in [1.54, 1.807) is 12.1 Å². The van der Waals surface area contributed by atoms with E-state index in [0.29, 0.717) is 6.42 Å². The number of benzene rings is 1. The second-order valence-electron chi connectivity index (χ2n) is 8.52. The topological polar surface area (TPSA) is 56.7 Å². The van der Waals surface area contributed by atoms with Gasteiger partial charge < -0.3 is 15.5 Å². The van der Waals surface area contributed by atoms with E-state index < -0.39 is 0 Å². The summed E-state index contributed by atoms with van der Waals surface area (Å²) in [7, 11) is 1.83. The molecule has 0 aromatic heterocycles. The Labute approximate surface area is 183 Å². The lowest BCUT2D eigenvalue weighted by atomic mass is 9.64. The number of likely N-dealkylation sites (tertiary alicyclic amines) is 1. The third-order valence-electron chi connectivity index (χ3n) is 6.72. The van der Waals surface area contributed by atoms with Gasteiger partial charge in [0.2, 0.25) is 5.91 Å². The van der Waals surface area contributed by atoms with Crippen LogP contribution in [0.3, 0.4) is 0 Å². The Bertz CT molecular complexity index is 734. The van der Waals surface area contributed by atoms with Crippen molar-refractivity contribution in [1.82, 2.24) is 15.5 Å². The largest absolute Gasteiger partial charge is 0.355 e. The molecule has 2 N–H and O–H groups in total. The lowest BCUT2D eigenvalue weighted by molar-refractivity contribution is -0.119. The number of guanidine groups is 1. The number of hydrogen-bond acceptors (Lipinski definition) is 2. The number of amides is 1. The third-order valence-corrected chi connectivity index (χ3v) is 6.72. The molecule has 3 fully saturated rings. The van der Waals surface area contributed by atoms with Gasteiger partial charge in [-0.15, -0.1) is 24.0 Å². The molecule has 0 bridgehead atoms. The maximum atomic E-state index is 13.3. The molecule has 2 aliphatic heterocycles. The van der Waals surface area contributed by atoms with Crippen LogP contribution in [0.15, 0.2) is 29.3 Å². The SMILES string of the molecule is CN=C(NCC1(c2ccc(F)cc2)CCC1)N1CCCC2(CNC(=O)C2)C1.I. The summed E-state index contributed by atoms with van der Waals surface area (Å²) >= 11 is 0. The first-order valence-electron chi connectivity index (χ1n) is 10.0. The molecule has 1 aromatic rings. The van der Waals surface area contributed by atoms with E-state index in [1.165, 1.54) is 12.0 Å². The molecule has 154 valence electrons. The number of carbonyl (C=O) groups is 1. The van der Waals surface area contributed by atoms with Gasteiger partial charge in [0.25, 0.3) is 0 Å². The molecule has 2 heterocycles. The van der Waals surface area contributed by atoms with Crippen molar-refractivity contribution in [2.75, 3.05) is 33.2 Å². The maximum Gasteiger partial charge on any atom is 0.220 e. The van der Waals surface area contributed by atoms with Crippen LogP contribution in [-0.2, 0) is 10.2 Å². The molecule has 1 aromatic carbocycles. The Kier molecular flexibility index (Phi) is 6.51. The lowest BCUT2D eigenvalue weighted by Crippen LogP contribution is -2.54. The number of halogens is 2. The summed E-state index contributed by atoms with van der Waals surface area (Å²) in [6, 6.07) is 6.96. The Morgan fingerprint density at radius 2 is 2.00 bits per heavy atom. The van der Waals surface area contributed by atoms with Crippen molar-refractivity contribution >= 4 is 35.8 Å². The molecule has 5 nitrogen and oxygen atoms in total. The van der Waals surface area contributed by atoms with Gasteiger partial charge in [-0.1, -0.05) is 18.6 Å². The van der Waals surface area contributed by atoms with Crippen molar-refractivity contribution in [2.24, 2.45) is 10.4 Å². The Balaban J connectivity index is 0.00000225. The van der Waals surface area contributed by atoms with E-state index in [2.05, 4.69) is 20.5 Å². The van der Waals surface area contributed by atoms with Crippen LogP contribution in [-0.4, -0.2) is 50.0 Å². The molecular formula is C21H30FIN4O. The zero-order chi connectivity index (χ0) is 18.9. The van der Waals surface area contributed by atoms with Crippen LogP contribution in [0.25, 0.3) is 0 Å². The van der Waals surface area contributed by atoms with Crippen LogP contribution < -0.4 is 10.6 Å². The number of rotatable bonds is 3. The van der Waals surface area contributed by atoms with E-state index >= 15 is 0 Å². The predicted octanol–water partition coefficient (Wildman–Crippen LogP) is 3.04. The Morgan fingerprint density at radius 3 is 2.57 bits per heavy atom. The summed E-state index contributed by atoms with van der Waals surface area (Å²) in [5.41, 5.74) is 1.33. The zero-order valence-corrected chi connectivity index (χ0v) is 18.8. The van der Waals surface area contributed by atoms with E-state index in [0.717, 1.165) is 57.8 Å². The van der Waals surface area contributed by atoms with Gasteiger partial charge in [-0.05, 0) is 43.4 Å². The Hall–Kier alpha value is -1.38. The van der Waals surface area contributed by atoms with Crippen LogP contribution >= 0.6 is 24.0 Å². The number of nitrogens with one attached hydrogen (secondary N) is 2. The first-order chi connectivity index (χ1) is 13.0. The summed E-state index contributed by atoms with van der Waals surface area (Å²) in [5.74, 6) is 0.904. The monoisotopic (exact) mass is 500 g/mol. The predicted molar refractivity (Wildman–Crippen MR) is 120 cm³/mol. The highest BCUT2D eigenvalue weighted by atomic mass is 127. The van der Waals surface area contributed by atoms with Gasteiger partial charge in [-0.2, -0.15) is 0 Å². The fraction of sp³-hybridized carbons (Fsp3) is 0.619. The minimum atomic E-state index is -0.185. The van der Waals surface area contributed by atoms with Crippen molar-refractivity contribution in [3.63, 3.8) is 0 Å². The molecular weight excluding hydrogens is 470 g/mol. The van der Waals surface area contributed by atoms with Crippen LogP contribution in [0, 0.1) is 11.2 Å². The van der Waals surface area contributed by atoms with Gasteiger partial charge in [0.1, 0.15) is 5.82 Å². The second kappa shape index (κ2) is 8.55. The molecule has 1 amide bonds. The number of piperidine rings is 1. The lowest BCUT2D eigenvalue weighted by Gasteiger charge is -2.45. The van der Waals surface area contributed by atoms with Gasteiger partial charge in [0, 0.05) is 50.5 Å². The minimum absolute atomic E-state index is 0. The molecule has 1 saturated carbocycles. The minimum Gasteiger partial charge on any atom is -0.355 e. The summed E-state index contributed by atoms with van der Waals surface area (Å²) < 4.78 is 13.3. The van der Waals surface area contributed by atoms with Crippen LogP contribution in [0.1, 0.15) is 44.1 Å². The fourth-order valence-electron chi connectivity index (χ4n) is 4.98. The first-order valence-corrected chi connectivity index (χ1v) is 10.0. The molecule has 1 unspecified atom stereocenters. The van der Waals surface area contributed by atoms with Crippen LogP contribution in [0.5, 0.6) is 0 Å². The molecule has 0 radical (unpaired) electrons. The molecule has 1 aliphatic carbocycles. The number of nitrogens with zero attached hydrogens (tertiary/aromatic N) is 2. The average molecular weight is 500 g/mol.